The lowest BCUT2D eigenvalue weighted by molar-refractivity contribution is -0.138. The lowest BCUT2D eigenvalue weighted by atomic mass is 10.0. The molecule has 0 bridgehead atoms. The van der Waals surface area contributed by atoms with Crippen LogP contribution in [0.4, 0.5) is 23.8 Å². The lowest BCUT2D eigenvalue weighted by Crippen LogP contribution is -2.37. The first-order valence-corrected chi connectivity index (χ1v) is 10.9. The van der Waals surface area contributed by atoms with Crippen molar-refractivity contribution in [3.05, 3.63) is 29.7 Å². The number of alkyl halides is 3. The first kappa shape index (κ1) is 24.6. The van der Waals surface area contributed by atoms with E-state index in [2.05, 4.69) is 25.9 Å². The van der Waals surface area contributed by atoms with Crippen LogP contribution in [0.3, 0.4) is 0 Å². The van der Waals surface area contributed by atoms with E-state index in [-0.39, 0.29) is 24.3 Å². The molecule has 2 aromatic rings. The van der Waals surface area contributed by atoms with Gasteiger partial charge in [0, 0.05) is 36.0 Å². The van der Waals surface area contributed by atoms with Gasteiger partial charge < -0.3 is 15.4 Å². The summed E-state index contributed by atoms with van der Waals surface area (Å²) in [5.41, 5.74) is 1.60. The van der Waals surface area contributed by atoms with Crippen LogP contribution in [0.1, 0.15) is 69.7 Å². The summed E-state index contributed by atoms with van der Waals surface area (Å²) in [6, 6.07) is 0.894. The number of amides is 2. The number of H-pyrrole nitrogens is 1. The molecule has 3 N–H and O–H groups in total. The molecule has 1 fully saturated rings. The normalized spacial score (nSPS) is 19.5. The number of rotatable bonds is 8. The minimum absolute atomic E-state index is 0.0397. The number of aromatic amines is 1. The van der Waals surface area contributed by atoms with Crippen molar-refractivity contribution in [3.8, 4) is 0 Å². The molecule has 3 atom stereocenters. The molecular weight excluding hydrogens is 441 g/mol. The fourth-order valence-corrected chi connectivity index (χ4v) is 3.85. The number of carbonyl (C=O) groups excluding carboxylic acids is 2. The molecule has 0 spiro atoms. The standard InChI is InChI=1S/C21H29F3N6O3/c1-12(2)30-11-14(10-25-30)6-19(31)27-18-8-17(28-29-18)15-4-5-16(7-15)33-20(32)26-13(3)9-21(22,23)24/h8,10-13,15-16H,4-7,9H2,1-3H3,(H,26,32)(H2,27,28,29,31)/t13?,15-,16+/m0/s1. The van der Waals surface area contributed by atoms with Gasteiger partial charge in [-0.25, -0.2) is 4.79 Å². The van der Waals surface area contributed by atoms with Crippen LogP contribution in [-0.4, -0.2) is 50.3 Å². The second kappa shape index (κ2) is 10.3. The summed E-state index contributed by atoms with van der Waals surface area (Å²) in [5.74, 6) is 0.223. The molecule has 0 radical (unpaired) electrons. The van der Waals surface area contributed by atoms with E-state index in [4.69, 9.17) is 4.74 Å². The van der Waals surface area contributed by atoms with Gasteiger partial charge in [0.25, 0.3) is 0 Å². The highest BCUT2D eigenvalue weighted by molar-refractivity contribution is 5.91. The monoisotopic (exact) mass is 470 g/mol. The third-order valence-electron chi connectivity index (χ3n) is 5.41. The Labute approximate surface area is 189 Å². The molecule has 1 aliphatic rings. The number of carbonyl (C=O) groups is 2. The lowest BCUT2D eigenvalue weighted by Gasteiger charge is -2.18. The topological polar surface area (TPSA) is 114 Å². The fourth-order valence-electron chi connectivity index (χ4n) is 3.85. The smallest absolute Gasteiger partial charge is 0.407 e. The van der Waals surface area contributed by atoms with E-state index in [1.54, 1.807) is 16.9 Å². The van der Waals surface area contributed by atoms with Crippen molar-refractivity contribution in [1.29, 1.82) is 0 Å². The van der Waals surface area contributed by atoms with Crippen molar-refractivity contribution < 1.29 is 27.5 Å². The van der Waals surface area contributed by atoms with Crippen molar-refractivity contribution in [2.45, 2.75) is 83.2 Å². The van der Waals surface area contributed by atoms with Gasteiger partial charge in [0.15, 0.2) is 5.82 Å². The molecule has 0 aromatic carbocycles. The summed E-state index contributed by atoms with van der Waals surface area (Å²) < 4.78 is 44.2. The highest BCUT2D eigenvalue weighted by atomic mass is 19.4. The minimum atomic E-state index is -4.35. The van der Waals surface area contributed by atoms with Crippen molar-refractivity contribution in [2.24, 2.45) is 0 Å². The van der Waals surface area contributed by atoms with Gasteiger partial charge in [-0.2, -0.15) is 23.4 Å². The molecule has 2 heterocycles. The number of anilines is 1. The number of hydrogen-bond acceptors (Lipinski definition) is 5. The summed E-state index contributed by atoms with van der Waals surface area (Å²) in [7, 11) is 0. The van der Waals surface area contributed by atoms with Gasteiger partial charge in [-0.05, 0) is 45.6 Å². The predicted molar refractivity (Wildman–Crippen MR) is 114 cm³/mol. The molecule has 1 saturated carbocycles. The maximum atomic E-state index is 12.4. The first-order chi connectivity index (χ1) is 15.5. The molecule has 12 heteroatoms. The van der Waals surface area contributed by atoms with Gasteiger partial charge >= 0.3 is 12.3 Å². The Balaban J connectivity index is 1.45. The molecule has 9 nitrogen and oxygen atoms in total. The molecule has 1 unspecified atom stereocenters. The number of hydrogen-bond donors (Lipinski definition) is 3. The van der Waals surface area contributed by atoms with E-state index in [0.29, 0.717) is 18.7 Å². The van der Waals surface area contributed by atoms with E-state index in [1.165, 1.54) is 6.92 Å². The van der Waals surface area contributed by atoms with Crippen LogP contribution in [0.2, 0.25) is 0 Å². The molecule has 33 heavy (non-hydrogen) atoms. The van der Waals surface area contributed by atoms with Gasteiger partial charge in [0.2, 0.25) is 5.91 Å². The fraction of sp³-hybridized carbons (Fsp3) is 0.619. The second-order valence-corrected chi connectivity index (χ2v) is 8.76. The van der Waals surface area contributed by atoms with Crippen LogP contribution in [-0.2, 0) is 16.0 Å². The van der Waals surface area contributed by atoms with Crippen molar-refractivity contribution in [2.75, 3.05) is 5.32 Å². The van der Waals surface area contributed by atoms with E-state index >= 15 is 0 Å². The maximum absolute atomic E-state index is 12.4. The van der Waals surface area contributed by atoms with Crippen LogP contribution < -0.4 is 10.6 Å². The maximum Gasteiger partial charge on any atom is 0.407 e. The SMILES string of the molecule is CC(CC(F)(F)F)NC(=O)O[C@@H]1CC[C@H](c2cc(NC(=O)Cc3cnn(C(C)C)c3)n[nH]2)C1. The van der Waals surface area contributed by atoms with Crippen LogP contribution in [0.5, 0.6) is 0 Å². The van der Waals surface area contributed by atoms with Gasteiger partial charge in [-0.1, -0.05) is 0 Å². The Kier molecular flexibility index (Phi) is 7.65. The van der Waals surface area contributed by atoms with Crippen molar-refractivity contribution in [1.82, 2.24) is 25.3 Å². The Morgan fingerprint density at radius 3 is 2.73 bits per heavy atom. The molecule has 2 amide bonds. The number of alkyl carbamates (subject to hydrolysis) is 1. The largest absolute Gasteiger partial charge is 0.446 e. The first-order valence-electron chi connectivity index (χ1n) is 10.9. The number of nitrogens with one attached hydrogen (secondary N) is 3. The molecule has 0 saturated heterocycles. The van der Waals surface area contributed by atoms with Crippen molar-refractivity contribution in [3.63, 3.8) is 0 Å². The second-order valence-electron chi connectivity index (χ2n) is 8.76. The van der Waals surface area contributed by atoms with Crippen LogP contribution in [0, 0.1) is 0 Å². The molecule has 1 aliphatic carbocycles. The zero-order chi connectivity index (χ0) is 24.2. The highest BCUT2D eigenvalue weighted by Gasteiger charge is 2.33. The number of ether oxygens (including phenoxy) is 1. The minimum Gasteiger partial charge on any atom is -0.446 e. The predicted octanol–water partition coefficient (Wildman–Crippen LogP) is 4.07. The van der Waals surface area contributed by atoms with Crippen LogP contribution in [0.25, 0.3) is 0 Å². The average Bonchev–Trinajstić information content (AvgIpc) is 3.40. The van der Waals surface area contributed by atoms with E-state index in [1.807, 2.05) is 20.0 Å². The van der Waals surface area contributed by atoms with E-state index < -0.39 is 30.8 Å². The quantitative estimate of drug-likeness (QED) is 0.538. The number of aromatic nitrogens is 4. The number of nitrogens with zero attached hydrogens (tertiary/aromatic N) is 3. The van der Waals surface area contributed by atoms with E-state index in [9.17, 15) is 22.8 Å². The zero-order valence-electron chi connectivity index (χ0n) is 18.8. The Bertz CT molecular complexity index is 955. The highest BCUT2D eigenvalue weighted by Crippen LogP contribution is 2.36. The zero-order valence-corrected chi connectivity index (χ0v) is 18.8. The summed E-state index contributed by atoms with van der Waals surface area (Å²) in [5, 5.41) is 16.2. The molecule has 182 valence electrons. The van der Waals surface area contributed by atoms with Crippen LogP contribution >= 0.6 is 0 Å². The summed E-state index contributed by atoms with van der Waals surface area (Å²) in [6.45, 7) is 5.28. The van der Waals surface area contributed by atoms with Gasteiger partial charge in [-0.3, -0.25) is 14.6 Å². The third-order valence-corrected chi connectivity index (χ3v) is 5.41. The Hall–Kier alpha value is -3.05. The molecule has 0 aliphatic heterocycles. The van der Waals surface area contributed by atoms with Crippen molar-refractivity contribution >= 4 is 17.8 Å². The molecule has 2 aromatic heterocycles. The molecule has 3 rings (SSSR count). The summed E-state index contributed by atoms with van der Waals surface area (Å²) in [4.78, 5) is 24.2. The Morgan fingerprint density at radius 2 is 2.06 bits per heavy atom. The summed E-state index contributed by atoms with van der Waals surface area (Å²) >= 11 is 0. The van der Waals surface area contributed by atoms with Gasteiger partial charge in [0.05, 0.1) is 19.0 Å². The summed E-state index contributed by atoms with van der Waals surface area (Å²) in [6.07, 6.45) is -1.21. The van der Waals surface area contributed by atoms with Crippen LogP contribution in [0.15, 0.2) is 18.5 Å². The van der Waals surface area contributed by atoms with Gasteiger partial charge in [0.1, 0.15) is 6.10 Å². The van der Waals surface area contributed by atoms with Gasteiger partial charge in [-0.15, -0.1) is 0 Å². The van der Waals surface area contributed by atoms with E-state index in [0.717, 1.165) is 17.7 Å². The third kappa shape index (κ3) is 7.50. The average molecular weight is 470 g/mol. The number of halogens is 3. The Morgan fingerprint density at radius 1 is 1.30 bits per heavy atom. The molecular formula is C21H29F3N6O3.